The molecule has 4 unspecified atom stereocenters. The Morgan fingerprint density at radius 1 is 1.10 bits per heavy atom. The van der Waals surface area contributed by atoms with Crippen LogP contribution in [0.15, 0.2) is 0 Å². The standard InChI is InChI=1S/C16H26N2O3/c17-16(15(20)21)7-8-18(10-16)14(19)13-6-5-11-3-1-2-4-12(11)9-13/h11-13H,1-10,17H2,(H,20,21). The first kappa shape index (κ1) is 14.8. The first-order valence-electron chi connectivity index (χ1n) is 8.31. The molecule has 0 radical (unpaired) electrons. The van der Waals surface area contributed by atoms with Crippen molar-refractivity contribution >= 4 is 11.9 Å². The van der Waals surface area contributed by atoms with Gasteiger partial charge in [0.25, 0.3) is 0 Å². The molecule has 21 heavy (non-hydrogen) atoms. The third kappa shape index (κ3) is 2.80. The van der Waals surface area contributed by atoms with Crippen LogP contribution in [0.1, 0.15) is 51.4 Å². The average molecular weight is 294 g/mol. The van der Waals surface area contributed by atoms with Crippen molar-refractivity contribution in [2.45, 2.75) is 56.9 Å². The van der Waals surface area contributed by atoms with Crippen LogP contribution < -0.4 is 5.73 Å². The monoisotopic (exact) mass is 294 g/mol. The van der Waals surface area contributed by atoms with E-state index >= 15 is 0 Å². The molecular formula is C16H26N2O3. The minimum absolute atomic E-state index is 0.0977. The minimum Gasteiger partial charge on any atom is -0.480 e. The smallest absolute Gasteiger partial charge is 0.325 e. The maximum atomic E-state index is 12.7. The van der Waals surface area contributed by atoms with Gasteiger partial charge in [-0.25, -0.2) is 0 Å². The molecule has 0 aromatic rings. The minimum atomic E-state index is -1.24. The number of aliphatic carboxylic acids is 1. The van der Waals surface area contributed by atoms with Crippen LogP contribution in [0, 0.1) is 17.8 Å². The molecule has 1 heterocycles. The number of rotatable bonds is 2. The first-order chi connectivity index (χ1) is 9.99. The zero-order chi connectivity index (χ0) is 15.0. The Balaban J connectivity index is 1.60. The van der Waals surface area contributed by atoms with E-state index in [9.17, 15) is 14.7 Å². The zero-order valence-corrected chi connectivity index (χ0v) is 12.6. The SMILES string of the molecule is NC1(C(=O)O)CCN(C(=O)C2CCC3CCCCC3C2)C1. The summed E-state index contributed by atoms with van der Waals surface area (Å²) < 4.78 is 0. The summed E-state index contributed by atoms with van der Waals surface area (Å²) >= 11 is 0. The second-order valence-corrected chi connectivity index (χ2v) is 7.29. The van der Waals surface area contributed by atoms with E-state index in [0.29, 0.717) is 18.9 Å². The number of nitrogens with two attached hydrogens (primary N) is 1. The van der Waals surface area contributed by atoms with Gasteiger partial charge in [0, 0.05) is 19.0 Å². The first-order valence-corrected chi connectivity index (χ1v) is 8.31. The molecule has 3 rings (SSSR count). The molecule has 5 nitrogen and oxygen atoms in total. The van der Waals surface area contributed by atoms with Gasteiger partial charge in [-0.1, -0.05) is 25.7 Å². The van der Waals surface area contributed by atoms with Gasteiger partial charge in [-0.3, -0.25) is 9.59 Å². The Labute approximate surface area is 125 Å². The molecule has 0 spiro atoms. The van der Waals surface area contributed by atoms with Crippen molar-refractivity contribution in [3.63, 3.8) is 0 Å². The predicted octanol–water partition coefficient (Wildman–Crippen LogP) is 1.61. The predicted molar refractivity (Wildman–Crippen MR) is 78.5 cm³/mol. The van der Waals surface area contributed by atoms with Crippen LogP contribution in [-0.4, -0.2) is 40.5 Å². The third-order valence-electron chi connectivity index (χ3n) is 5.93. The molecule has 0 aromatic carbocycles. The van der Waals surface area contributed by atoms with E-state index in [1.165, 1.54) is 32.1 Å². The van der Waals surface area contributed by atoms with Gasteiger partial charge < -0.3 is 15.7 Å². The van der Waals surface area contributed by atoms with Crippen molar-refractivity contribution in [2.24, 2.45) is 23.5 Å². The summed E-state index contributed by atoms with van der Waals surface area (Å²) in [6.45, 7) is 0.665. The fraction of sp³-hybridized carbons (Fsp3) is 0.875. The van der Waals surface area contributed by atoms with Gasteiger partial charge in [0.15, 0.2) is 0 Å². The molecule has 0 aromatic heterocycles. The maximum absolute atomic E-state index is 12.7. The number of nitrogens with zero attached hydrogens (tertiary/aromatic N) is 1. The summed E-state index contributed by atoms with van der Waals surface area (Å²) in [7, 11) is 0. The summed E-state index contributed by atoms with van der Waals surface area (Å²) in [6, 6.07) is 0. The van der Waals surface area contributed by atoms with Crippen LogP contribution in [-0.2, 0) is 9.59 Å². The van der Waals surface area contributed by atoms with Gasteiger partial charge in [0.1, 0.15) is 5.54 Å². The van der Waals surface area contributed by atoms with E-state index in [2.05, 4.69) is 0 Å². The topological polar surface area (TPSA) is 83.6 Å². The van der Waals surface area contributed by atoms with Crippen molar-refractivity contribution in [2.75, 3.05) is 13.1 Å². The van der Waals surface area contributed by atoms with E-state index in [-0.39, 0.29) is 18.4 Å². The highest BCUT2D eigenvalue weighted by molar-refractivity contribution is 5.84. The van der Waals surface area contributed by atoms with Gasteiger partial charge in [-0.05, 0) is 37.5 Å². The van der Waals surface area contributed by atoms with Crippen LogP contribution in [0.2, 0.25) is 0 Å². The molecule has 118 valence electrons. The van der Waals surface area contributed by atoms with Crippen molar-refractivity contribution in [3.8, 4) is 0 Å². The number of hydrogen-bond donors (Lipinski definition) is 2. The summed E-state index contributed by atoms with van der Waals surface area (Å²) in [5, 5.41) is 9.17. The van der Waals surface area contributed by atoms with Crippen molar-refractivity contribution in [3.05, 3.63) is 0 Å². The summed E-state index contributed by atoms with van der Waals surface area (Å²) in [5.74, 6) is 0.794. The molecule has 1 saturated heterocycles. The molecule has 2 aliphatic carbocycles. The van der Waals surface area contributed by atoms with Crippen LogP contribution in [0.4, 0.5) is 0 Å². The molecule has 5 heteroatoms. The molecule has 3 fully saturated rings. The van der Waals surface area contributed by atoms with Crippen molar-refractivity contribution in [1.29, 1.82) is 0 Å². The number of hydrogen-bond acceptors (Lipinski definition) is 3. The van der Waals surface area contributed by atoms with Gasteiger partial charge in [0.05, 0.1) is 0 Å². The Bertz CT molecular complexity index is 439. The van der Waals surface area contributed by atoms with Crippen molar-refractivity contribution < 1.29 is 14.7 Å². The highest BCUT2D eigenvalue weighted by atomic mass is 16.4. The maximum Gasteiger partial charge on any atom is 0.325 e. The summed E-state index contributed by atoms with van der Waals surface area (Å²) in [5.41, 5.74) is 4.63. The van der Waals surface area contributed by atoms with E-state index in [4.69, 9.17) is 5.73 Å². The lowest BCUT2D eigenvalue weighted by Gasteiger charge is -2.39. The fourth-order valence-electron chi connectivity index (χ4n) is 4.55. The highest BCUT2D eigenvalue weighted by Crippen LogP contribution is 2.43. The zero-order valence-electron chi connectivity index (χ0n) is 12.6. The van der Waals surface area contributed by atoms with Gasteiger partial charge in [-0.15, -0.1) is 0 Å². The number of carboxylic acid groups (broad SMARTS) is 1. The third-order valence-corrected chi connectivity index (χ3v) is 5.93. The largest absolute Gasteiger partial charge is 0.480 e. The number of carboxylic acids is 1. The average Bonchev–Trinajstić information content (AvgIpc) is 2.90. The lowest BCUT2D eigenvalue weighted by Crippen LogP contribution is -2.51. The van der Waals surface area contributed by atoms with Crippen LogP contribution in [0.5, 0.6) is 0 Å². The lowest BCUT2D eigenvalue weighted by atomic mass is 9.67. The molecular weight excluding hydrogens is 268 g/mol. The molecule has 0 bridgehead atoms. The second kappa shape index (κ2) is 5.59. The normalized spacial score (nSPS) is 39.9. The Hall–Kier alpha value is -1.10. The fourth-order valence-corrected chi connectivity index (χ4v) is 4.55. The van der Waals surface area contributed by atoms with Crippen molar-refractivity contribution in [1.82, 2.24) is 4.90 Å². The Kier molecular flexibility index (Phi) is 3.95. The molecule has 1 amide bonds. The van der Waals surface area contributed by atoms with Crippen LogP contribution in [0.25, 0.3) is 0 Å². The van der Waals surface area contributed by atoms with Gasteiger partial charge >= 0.3 is 5.97 Å². The number of carbonyl (C=O) groups is 2. The summed E-state index contributed by atoms with van der Waals surface area (Å²) in [6.07, 6.45) is 8.77. The number of fused-ring (bicyclic) bond motifs is 1. The van der Waals surface area contributed by atoms with E-state index in [1.54, 1.807) is 4.90 Å². The van der Waals surface area contributed by atoms with E-state index in [1.807, 2.05) is 0 Å². The quantitative estimate of drug-likeness (QED) is 0.810. The molecule has 2 saturated carbocycles. The lowest BCUT2D eigenvalue weighted by molar-refractivity contribution is -0.143. The van der Waals surface area contributed by atoms with Crippen LogP contribution in [0.3, 0.4) is 0 Å². The number of amides is 1. The molecule has 4 atom stereocenters. The Morgan fingerprint density at radius 3 is 2.48 bits per heavy atom. The Morgan fingerprint density at radius 2 is 1.81 bits per heavy atom. The molecule has 1 aliphatic heterocycles. The highest BCUT2D eigenvalue weighted by Gasteiger charge is 2.45. The van der Waals surface area contributed by atoms with E-state index in [0.717, 1.165) is 18.8 Å². The molecule has 3 aliphatic rings. The number of carbonyl (C=O) groups excluding carboxylic acids is 1. The van der Waals surface area contributed by atoms with E-state index < -0.39 is 11.5 Å². The summed E-state index contributed by atoms with van der Waals surface area (Å²) in [4.78, 5) is 25.6. The van der Waals surface area contributed by atoms with Crippen LogP contribution >= 0.6 is 0 Å². The van der Waals surface area contributed by atoms with Gasteiger partial charge in [-0.2, -0.15) is 0 Å². The van der Waals surface area contributed by atoms with Gasteiger partial charge in [0.2, 0.25) is 5.91 Å². The number of likely N-dealkylation sites (tertiary alicyclic amines) is 1. The molecule has 3 N–H and O–H groups in total. The second-order valence-electron chi connectivity index (χ2n) is 7.29.